The predicted molar refractivity (Wildman–Crippen MR) is 87.9 cm³/mol. The van der Waals surface area contributed by atoms with Gasteiger partial charge in [-0.2, -0.15) is 0 Å². The average Bonchev–Trinajstić information content (AvgIpc) is 2.39. The van der Waals surface area contributed by atoms with E-state index < -0.39 is 5.97 Å². The Labute approximate surface area is 138 Å². The Morgan fingerprint density at radius 1 is 1.10 bits per heavy atom. The van der Waals surface area contributed by atoms with E-state index in [1.807, 2.05) is 6.07 Å². The Balaban J connectivity index is 2.38. The lowest BCUT2D eigenvalue weighted by Gasteiger charge is -2.12. The molecule has 0 unspecified atom stereocenters. The summed E-state index contributed by atoms with van der Waals surface area (Å²) < 4.78 is 1.51. The van der Waals surface area contributed by atoms with Crippen LogP contribution in [0.2, 0.25) is 0 Å². The van der Waals surface area contributed by atoms with Gasteiger partial charge >= 0.3 is 5.97 Å². The first-order chi connectivity index (χ1) is 9.88. The van der Waals surface area contributed by atoms with Gasteiger partial charge in [0.15, 0.2) is 0 Å². The van der Waals surface area contributed by atoms with Crippen LogP contribution in [0.25, 0.3) is 0 Å². The summed E-state index contributed by atoms with van der Waals surface area (Å²) in [6.07, 6.45) is 0. The van der Waals surface area contributed by atoms with Crippen molar-refractivity contribution in [3.8, 4) is 0 Å². The highest BCUT2D eigenvalue weighted by atomic mass is 79.9. The number of para-hydroxylation sites is 1. The van der Waals surface area contributed by atoms with Gasteiger partial charge in [-0.05, 0) is 36.8 Å². The molecule has 2 aromatic rings. The largest absolute Gasteiger partial charge is 0.478 e. The third-order valence-electron chi connectivity index (χ3n) is 2.87. The molecule has 2 aromatic carbocycles. The number of aryl methyl sites for hydroxylation is 1. The van der Waals surface area contributed by atoms with Gasteiger partial charge in [0.1, 0.15) is 0 Å². The molecule has 0 radical (unpaired) electrons. The van der Waals surface area contributed by atoms with E-state index in [2.05, 4.69) is 37.2 Å². The van der Waals surface area contributed by atoms with Gasteiger partial charge in [0, 0.05) is 14.5 Å². The van der Waals surface area contributed by atoms with Crippen LogP contribution in [0.15, 0.2) is 45.3 Å². The Kier molecular flexibility index (Phi) is 4.80. The SMILES string of the molecule is Cc1cccc(C(=O)O)c1NC(=O)c1cc(Br)cc(Br)c1. The molecule has 0 spiro atoms. The molecule has 6 heteroatoms. The molecule has 0 bridgehead atoms. The highest BCUT2D eigenvalue weighted by molar-refractivity contribution is 9.11. The molecule has 2 N–H and O–H groups in total. The fraction of sp³-hybridized carbons (Fsp3) is 0.0667. The van der Waals surface area contributed by atoms with Crippen LogP contribution < -0.4 is 5.32 Å². The van der Waals surface area contributed by atoms with Crippen molar-refractivity contribution >= 4 is 49.4 Å². The number of aromatic carboxylic acids is 1. The van der Waals surface area contributed by atoms with Gasteiger partial charge in [0.05, 0.1) is 11.3 Å². The molecule has 0 aromatic heterocycles. The van der Waals surface area contributed by atoms with Gasteiger partial charge in [-0.25, -0.2) is 4.79 Å². The van der Waals surface area contributed by atoms with E-state index in [4.69, 9.17) is 0 Å². The number of anilines is 1. The van der Waals surface area contributed by atoms with Gasteiger partial charge < -0.3 is 10.4 Å². The van der Waals surface area contributed by atoms with Crippen LogP contribution in [-0.2, 0) is 0 Å². The topological polar surface area (TPSA) is 66.4 Å². The zero-order chi connectivity index (χ0) is 15.6. The minimum absolute atomic E-state index is 0.0670. The summed E-state index contributed by atoms with van der Waals surface area (Å²) in [6.45, 7) is 1.75. The summed E-state index contributed by atoms with van der Waals surface area (Å²) in [5.74, 6) is -1.45. The van der Waals surface area contributed by atoms with Gasteiger partial charge in [-0.15, -0.1) is 0 Å². The lowest BCUT2D eigenvalue weighted by Crippen LogP contribution is -2.16. The third-order valence-corrected chi connectivity index (χ3v) is 3.78. The molecule has 0 saturated carbocycles. The van der Waals surface area contributed by atoms with Crippen molar-refractivity contribution in [2.75, 3.05) is 5.32 Å². The van der Waals surface area contributed by atoms with Gasteiger partial charge in [-0.1, -0.05) is 44.0 Å². The summed E-state index contributed by atoms with van der Waals surface area (Å²) in [5.41, 5.74) is 1.50. The van der Waals surface area contributed by atoms with Crippen molar-refractivity contribution in [1.82, 2.24) is 0 Å². The minimum Gasteiger partial charge on any atom is -0.478 e. The number of carboxylic acid groups (broad SMARTS) is 1. The smallest absolute Gasteiger partial charge is 0.337 e. The van der Waals surface area contributed by atoms with Crippen LogP contribution in [-0.4, -0.2) is 17.0 Å². The first kappa shape index (κ1) is 15.7. The van der Waals surface area contributed by atoms with Crippen molar-refractivity contribution < 1.29 is 14.7 Å². The highest BCUT2D eigenvalue weighted by Crippen LogP contribution is 2.24. The number of carbonyl (C=O) groups is 2. The van der Waals surface area contributed by atoms with E-state index in [1.165, 1.54) is 6.07 Å². The van der Waals surface area contributed by atoms with Crippen molar-refractivity contribution in [2.45, 2.75) is 6.92 Å². The fourth-order valence-electron chi connectivity index (χ4n) is 1.88. The first-order valence-electron chi connectivity index (χ1n) is 5.99. The minimum atomic E-state index is -1.08. The van der Waals surface area contributed by atoms with E-state index in [0.29, 0.717) is 16.8 Å². The van der Waals surface area contributed by atoms with Crippen LogP contribution in [0, 0.1) is 6.92 Å². The first-order valence-corrected chi connectivity index (χ1v) is 7.57. The molecule has 0 aliphatic heterocycles. The molecule has 0 aliphatic rings. The standard InChI is InChI=1S/C15H11Br2NO3/c1-8-3-2-4-12(15(20)21)13(8)18-14(19)9-5-10(16)7-11(17)6-9/h2-7H,1H3,(H,18,19)(H,20,21). The van der Waals surface area contributed by atoms with E-state index >= 15 is 0 Å². The molecule has 0 fully saturated rings. The summed E-state index contributed by atoms with van der Waals surface area (Å²) in [6, 6.07) is 10.00. The number of halogens is 2. The van der Waals surface area contributed by atoms with Crippen molar-refractivity contribution in [1.29, 1.82) is 0 Å². The van der Waals surface area contributed by atoms with Gasteiger partial charge in [0.25, 0.3) is 5.91 Å². The number of carbonyl (C=O) groups excluding carboxylic acids is 1. The second-order valence-electron chi connectivity index (χ2n) is 4.41. The van der Waals surface area contributed by atoms with E-state index in [1.54, 1.807) is 31.2 Å². The zero-order valence-corrected chi connectivity index (χ0v) is 14.2. The molecule has 0 atom stereocenters. The molecule has 21 heavy (non-hydrogen) atoms. The lowest BCUT2D eigenvalue weighted by molar-refractivity contribution is 0.0698. The monoisotopic (exact) mass is 411 g/mol. The van der Waals surface area contributed by atoms with Crippen molar-refractivity contribution in [3.63, 3.8) is 0 Å². The maximum absolute atomic E-state index is 12.3. The van der Waals surface area contributed by atoms with E-state index in [0.717, 1.165) is 8.95 Å². The normalized spacial score (nSPS) is 10.2. The van der Waals surface area contributed by atoms with Crippen LogP contribution >= 0.6 is 31.9 Å². The average molecular weight is 413 g/mol. The summed E-state index contributed by atoms with van der Waals surface area (Å²) >= 11 is 6.63. The van der Waals surface area contributed by atoms with E-state index in [9.17, 15) is 14.7 Å². The highest BCUT2D eigenvalue weighted by Gasteiger charge is 2.16. The summed E-state index contributed by atoms with van der Waals surface area (Å²) in [7, 11) is 0. The van der Waals surface area contributed by atoms with Crippen molar-refractivity contribution in [3.05, 3.63) is 62.0 Å². The summed E-state index contributed by atoms with van der Waals surface area (Å²) in [5, 5.41) is 11.9. The van der Waals surface area contributed by atoms with Gasteiger partial charge in [0.2, 0.25) is 0 Å². The Morgan fingerprint density at radius 2 is 1.71 bits per heavy atom. The predicted octanol–water partition coefficient (Wildman–Crippen LogP) is 4.47. The number of carboxylic acids is 1. The number of nitrogens with one attached hydrogen (secondary N) is 1. The second-order valence-corrected chi connectivity index (χ2v) is 6.25. The summed E-state index contributed by atoms with van der Waals surface area (Å²) in [4.78, 5) is 23.5. The van der Waals surface area contributed by atoms with Gasteiger partial charge in [-0.3, -0.25) is 4.79 Å². The molecule has 4 nitrogen and oxygen atoms in total. The molecular formula is C15H11Br2NO3. The maximum Gasteiger partial charge on any atom is 0.337 e. The van der Waals surface area contributed by atoms with Crippen LogP contribution in [0.5, 0.6) is 0 Å². The number of benzene rings is 2. The fourth-order valence-corrected chi connectivity index (χ4v) is 3.18. The second kappa shape index (κ2) is 6.41. The maximum atomic E-state index is 12.3. The molecule has 108 valence electrons. The molecule has 2 rings (SSSR count). The van der Waals surface area contributed by atoms with Crippen molar-refractivity contribution in [2.24, 2.45) is 0 Å². The molecule has 1 amide bonds. The molecule has 0 heterocycles. The van der Waals surface area contributed by atoms with E-state index in [-0.39, 0.29) is 11.5 Å². The number of hydrogen-bond donors (Lipinski definition) is 2. The Hall–Kier alpha value is -1.66. The molecular weight excluding hydrogens is 402 g/mol. The Bertz CT molecular complexity index is 709. The molecule has 0 saturated heterocycles. The Morgan fingerprint density at radius 3 is 2.29 bits per heavy atom. The third kappa shape index (κ3) is 3.71. The lowest BCUT2D eigenvalue weighted by atomic mass is 10.1. The quantitative estimate of drug-likeness (QED) is 0.781. The number of amides is 1. The zero-order valence-electron chi connectivity index (χ0n) is 11.0. The molecule has 0 aliphatic carbocycles. The number of rotatable bonds is 3. The van der Waals surface area contributed by atoms with Crippen LogP contribution in [0.3, 0.4) is 0 Å². The van der Waals surface area contributed by atoms with Crippen LogP contribution in [0.1, 0.15) is 26.3 Å². The van der Waals surface area contributed by atoms with Crippen LogP contribution in [0.4, 0.5) is 5.69 Å². The number of hydrogen-bond acceptors (Lipinski definition) is 2.